The van der Waals surface area contributed by atoms with Crippen molar-refractivity contribution in [3.8, 4) is 0 Å². The SMILES string of the molecule is C[N]C(C)(C)C(=O)OC. The molecule has 0 unspecified atom stereocenters. The van der Waals surface area contributed by atoms with Crippen LogP contribution in [0.5, 0.6) is 0 Å². The number of rotatable bonds is 2. The first-order chi connectivity index (χ1) is 4.04. The van der Waals surface area contributed by atoms with Crippen LogP contribution >= 0.6 is 0 Å². The molecule has 53 valence electrons. The predicted octanol–water partition coefficient (Wildman–Crippen LogP) is 0.172. The first kappa shape index (κ1) is 8.43. The van der Waals surface area contributed by atoms with Gasteiger partial charge in [0.25, 0.3) is 0 Å². The van der Waals surface area contributed by atoms with Gasteiger partial charge in [0.15, 0.2) is 0 Å². The minimum Gasteiger partial charge on any atom is -0.468 e. The first-order valence-corrected chi connectivity index (χ1v) is 2.74. The van der Waals surface area contributed by atoms with Gasteiger partial charge in [-0.05, 0) is 13.8 Å². The summed E-state index contributed by atoms with van der Waals surface area (Å²) in [5.74, 6) is -0.301. The van der Waals surface area contributed by atoms with Crippen molar-refractivity contribution in [3.63, 3.8) is 0 Å². The van der Waals surface area contributed by atoms with Crippen molar-refractivity contribution < 1.29 is 9.53 Å². The summed E-state index contributed by atoms with van der Waals surface area (Å²) in [6.45, 7) is 3.41. The maximum absolute atomic E-state index is 10.7. The maximum atomic E-state index is 10.7. The fraction of sp³-hybridized carbons (Fsp3) is 0.833. The Balaban J connectivity index is 3.97. The minimum atomic E-state index is -0.686. The third kappa shape index (κ3) is 2.01. The molecule has 0 aliphatic heterocycles. The summed E-state index contributed by atoms with van der Waals surface area (Å²) in [6, 6.07) is 0. The van der Waals surface area contributed by atoms with Crippen molar-refractivity contribution in [2.24, 2.45) is 0 Å². The molecule has 0 aliphatic carbocycles. The molecule has 0 fully saturated rings. The zero-order chi connectivity index (χ0) is 7.49. The van der Waals surface area contributed by atoms with Gasteiger partial charge in [-0.25, -0.2) is 5.32 Å². The van der Waals surface area contributed by atoms with Crippen LogP contribution in [0.4, 0.5) is 0 Å². The summed E-state index contributed by atoms with van der Waals surface area (Å²) in [5.41, 5.74) is -0.686. The van der Waals surface area contributed by atoms with Crippen LogP contribution in [0.1, 0.15) is 13.8 Å². The number of hydrogen-bond acceptors (Lipinski definition) is 2. The van der Waals surface area contributed by atoms with Gasteiger partial charge in [0.1, 0.15) is 5.54 Å². The Morgan fingerprint density at radius 2 is 2.00 bits per heavy atom. The van der Waals surface area contributed by atoms with E-state index >= 15 is 0 Å². The van der Waals surface area contributed by atoms with Crippen molar-refractivity contribution >= 4 is 5.97 Å². The third-order valence-electron chi connectivity index (χ3n) is 1.24. The molecule has 9 heavy (non-hydrogen) atoms. The Hall–Kier alpha value is -0.570. The number of carbonyl (C=O) groups excluding carboxylic acids is 1. The molecule has 0 amide bonds. The second-order valence-electron chi connectivity index (χ2n) is 2.27. The van der Waals surface area contributed by atoms with Crippen LogP contribution in [0.25, 0.3) is 0 Å². The molecule has 3 heteroatoms. The molecule has 3 nitrogen and oxygen atoms in total. The predicted molar refractivity (Wildman–Crippen MR) is 34.2 cm³/mol. The fourth-order valence-electron chi connectivity index (χ4n) is 0.341. The summed E-state index contributed by atoms with van der Waals surface area (Å²) >= 11 is 0. The molecule has 0 aromatic heterocycles. The maximum Gasteiger partial charge on any atom is 0.327 e. The lowest BCUT2D eigenvalue weighted by atomic mass is 10.1. The van der Waals surface area contributed by atoms with Gasteiger partial charge >= 0.3 is 5.97 Å². The highest BCUT2D eigenvalue weighted by Crippen LogP contribution is 2.03. The summed E-state index contributed by atoms with van der Waals surface area (Å²) in [4.78, 5) is 10.7. The number of nitrogens with zero attached hydrogens (tertiary/aromatic N) is 1. The molecule has 0 saturated carbocycles. The van der Waals surface area contributed by atoms with E-state index in [1.54, 1.807) is 20.9 Å². The van der Waals surface area contributed by atoms with Gasteiger partial charge in [0, 0.05) is 7.05 Å². The van der Waals surface area contributed by atoms with E-state index in [9.17, 15) is 4.79 Å². The molecule has 0 bridgehead atoms. The van der Waals surface area contributed by atoms with Gasteiger partial charge < -0.3 is 4.74 Å². The zero-order valence-corrected chi connectivity index (χ0v) is 6.26. The van der Waals surface area contributed by atoms with Gasteiger partial charge in [-0.3, -0.25) is 4.79 Å². The summed E-state index contributed by atoms with van der Waals surface area (Å²) in [6.07, 6.45) is 0. The zero-order valence-electron chi connectivity index (χ0n) is 6.26. The van der Waals surface area contributed by atoms with Crippen molar-refractivity contribution in [1.29, 1.82) is 0 Å². The number of hydrogen-bond donors (Lipinski definition) is 0. The lowest BCUT2D eigenvalue weighted by molar-refractivity contribution is -0.147. The molecule has 0 saturated heterocycles. The van der Waals surface area contributed by atoms with E-state index in [-0.39, 0.29) is 5.97 Å². The Morgan fingerprint density at radius 3 is 2.11 bits per heavy atom. The summed E-state index contributed by atoms with van der Waals surface area (Å²) < 4.78 is 4.47. The topological polar surface area (TPSA) is 40.4 Å². The van der Waals surface area contributed by atoms with Crippen LogP contribution < -0.4 is 5.32 Å². The van der Waals surface area contributed by atoms with Crippen molar-refractivity contribution in [3.05, 3.63) is 0 Å². The van der Waals surface area contributed by atoms with E-state index in [0.717, 1.165) is 0 Å². The molecule has 0 aromatic rings. The number of carbonyl (C=O) groups is 1. The highest BCUT2D eigenvalue weighted by molar-refractivity contribution is 5.79. The lowest BCUT2D eigenvalue weighted by Gasteiger charge is -2.17. The molecule has 0 spiro atoms. The standard InChI is InChI=1S/C6H12NO2/c1-6(2,7-3)5(8)9-4/h1-4H3. The second-order valence-corrected chi connectivity index (χ2v) is 2.27. The van der Waals surface area contributed by atoms with E-state index in [2.05, 4.69) is 10.1 Å². The van der Waals surface area contributed by atoms with E-state index < -0.39 is 5.54 Å². The monoisotopic (exact) mass is 130 g/mol. The quantitative estimate of drug-likeness (QED) is 0.500. The van der Waals surface area contributed by atoms with Crippen molar-refractivity contribution in [2.45, 2.75) is 19.4 Å². The molecule has 0 heterocycles. The molecular formula is C6H12NO2. The molecule has 0 aliphatic rings. The average molecular weight is 130 g/mol. The van der Waals surface area contributed by atoms with E-state index in [1.807, 2.05) is 0 Å². The van der Waals surface area contributed by atoms with Gasteiger partial charge in [-0.2, -0.15) is 0 Å². The third-order valence-corrected chi connectivity index (χ3v) is 1.24. The van der Waals surface area contributed by atoms with Crippen LogP contribution in [0.2, 0.25) is 0 Å². The molecule has 0 aromatic carbocycles. The highest BCUT2D eigenvalue weighted by Gasteiger charge is 2.26. The van der Waals surface area contributed by atoms with E-state index in [1.165, 1.54) is 7.11 Å². The molecule has 1 radical (unpaired) electrons. The highest BCUT2D eigenvalue weighted by atomic mass is 16.5. The smallest absolute Gasteiger partial charge is 0.327 e. The van der Waals surface area contributed by atoms with Crippen LogP contribution in [0.3, 0.4) is 0 Å². The van der Waals surface area contributed by atoms with Crippen LogP contribution in [-0.2, 0) is 9.53 Å². The van der Waals surface area contributed by atoms with Crippen molar-refractivity contribution in [2.75, 3.05) is 14.2 Å². The Kier molecular flexibility index (Phi) is 2.65. The average Bonchev–Trinajstić information content (AvgIpc) is 1.86. The van der Waals surface area contributed by atoms with Crippen LogP contribution in [0, 0.1) is 0 Å². The lowest BCUT2D eigenvalue weighted by Crippen LogP contribution is -2.40. The molecule has 0 atom stereocenters. The van der Waals surface area contributed by atoms with E-state index in [4.69, 9.17) is 0 Å². The van der Waals surface area contributed by atoms with Crippen molar-refractivity contribution in [1.82, 2.24) is 5.32 Å². The van der Waals surface area contributed by atoms with Gasteiger partial charge in [-0.1, -0.05) is 0 Å². The Labute approximate surface area is 55.4 Å². The summed E-state index contributed by atoms with van der Waals surface area (Å²) in [5, 5.41) is 3.82. The number of ether oxygens (including phenoxy) is 1. The van der Waals surface area contributed by atoms with Gasteiger partial charge in [0.05, 0.1) is 7.11 Å². The Bertz CT molecular complexity index is 110. The molecule has 0 N–H and O–H groups in total. The first-order valence-electron chi connectivity index (χ1n) is 2.74. The largest absolute Gasteiger partial charge is 0.468 e. The van der Waals surface area contributed by atoms with Gasteiger partial charge in [0.2, 0.25) is 0 Å². The second kappa shape index (κ2) is 2.82. The van der Waals surface area contributed by atoms with Gasteiger partial charge in [-0.15, -0.1) is 0 Å². The van der Waals surface area contributed by atoms with Crippen LogP contribution in [0.15, 0.2) is 0 Å². The number of methoxy groups -OCH3 is 1. The number of likely N-dealkylation sites (N-methyl/N-ethyl adjacent to an activating group) is 1. The Morgan fingerprint density at radius 1 is 1.56 bits per heavy atom. The van der Waals surface area contributed by atoms with Crippen LogP contribution in [-0.4, -0.2) is 25.7 Å². The number of esters is 1. The molecular weight excluding hydrogens is 118 g/mol. The summed E-state index contributed by atoms with van der Waals surface area (Å²) in [7, 11) is 2.95. The van der Waals surface area contributed by atoms with E-state index in [0.29, 0.717) is 0 Å². The molecule has 0 rings (SSSR count). The normalized spacial score (nSPS) is 11.1. The fourth-order valence-corrected chi connectivity index (χ4v) is 0.341. The minimum absolute atomic E-state index is 0.301.